The molecule has 0 aliphatic carbocycles. The number of benzene rings is 2. The van der Waals surface area contributed by atoms with E-state index >= 15 is 0 Å². The summed E-state index contributed by atoms with van der Waals surface area (Å²) in [5.41, 5.74) is 3.07. The van der Waals surface area contributed by atoms with Gasteiger partial charge in [-0.15, -0.1) is 0 Å². The number of methoxy groups -OCH3 is 1. The molecule has 122 valence electrons. The van der Waals surface area contributed by atoms with Gasteiger partial charge in [0.1, 0.15) is 11.3 Å². The highest BCUT2D eigenvalue weighted by Crippen LogP contribution is 2.18. The molecule has 3 nitrogen and oxygen atoms in total. The zero-order valence-electron chi connectivity index (χ0n) is 13.9. The van der Waals surface area contributed by atoms with Gasteiger partial charge in [0, 0.05) is 6.42 Å². The van der Waals surface area contributed by atoms with Gasteiger partial charge in [0.25, 0.3) is 0 Å². The van der Waals surface area contributed by atoms with Crippen LogP contribution in [0.3, 0.4) is 0 Å². The maximum absolute atomic E-state index is 12.2. The van der Waals surface area contributed by atoms with E-state index in [0.717, 1.165) is 12.8 Å². The highest BCUT2D eigenvalue weighted by molar-refractivity contribution is 5.92. The van der Waals surface area contributed by atoms with Gasteiger partial charge in [-0.2, -0.15) is 0 Å². The molecule has 2 aromatic rings. The molecule has 0 atom stereocenters. The van der Waals surface area contributed by atoms with E-state index in [1.165, 1.54) is 24.0 Å². The Morgan fingerprint density at radius 2 is 1.61 bits per heavy atom. The van der Waals surface area contributed by atoms with Gasteiger partial charge in [-0.25, -0.2) is 4.79 Å². The van der Waals surface area contributed by atoms with Crippen LogP contribution in [0.2, 0.25) is 0 Å². The fourth-order valence-electron chi connectivity index (χ4n) is 2.56. The fourth-order valence-corrected chi connectivity index (χ4v) is 2.56. The number of rotatable bonds is 8. The molecular formula is C20H24O3. The second-order valence-electron chi connectivity index (χ2n) is 5.46. The summed E-state index contributed by atoms with van der Waals surface area (Å²) in [6.07, 6.45) is 4.17. The summed E-state index contributed by atoms with van der Waals surface area (Å²) in [5.74, 6) is 0.203. The summed E-state index contributed by atoms with van der Waals surface area (Å²) in [5, 5.41) is 0. The lowest BCUT2D eigenvalue weighted by atomic mass is 10.0. The number of hydrogen-bond donors (Lipinski definition) is 0. The molecule has 0 heterocycles. The predicted molar refractivity (Wildman–Crippen MR) is 92.0 cm³/mol. The molecule has 0 saturated heterocycles. The number of hydrogen-bond acceptors (Lipinski definition) is 3. The lowest BCUT2D eigenvalue weighted by Gasteiger charge is -2.11. The van der Waals surface area contributed by atoms with Crippen molar-refractivity contribution in [2.24, 2.45) is 0 Å². The van der Waals surface area contributed by atoms with Crippen molar-refractivity contribution in [1.29, 1.82) is 0 Å². The Morgan fingerprint density at radius 1 is 0.957 bits per heavy atom. The van der Waals surface area contributed by atoms with Gasteiger partial charge in [-0.1, -0.05) is 49.7 Å². The summed E-state index contributed by atoms with van der Waals surface area (Å²) < 4.78 is 10.6. The van der Waals surface area contributed by atoms with E-state index < -0.39 is 0 Å². The molecule has 0 saturated carbocycles. The van der Waals surface area contributed by atoms with Crippen LogP contribution in [0, 0.1) is 0 Å². The average molecular weight is 312 g/mol. The van der Waals surface area contributed by atoms with E-state index in [1.54, 1.807) is 25.3 Å². The maximum Gasteiger partial charge on any atom is 0.341 e. The Bertz CT molecular complexity index is 634. The molecule has 2 rings (SSSR count). The van der Waals surface area contributed by atoms with Gasteiger partial charge in [-0.05, 0) is 36.1 Å². The Labute approximate surface area is 138 Å². The van der Waals surface area contributed by atoms with E-state index in [4.69, 9.17) is 9.47 Å². The number of esters is 1. The van der Waals surface area contributed by atoms with Crippen molar-refractivity contribution in [3.63, 3.8) is 0 Å². The quantitative estimate of drug-likeness (QED) is 0.676. The second-order valence-corrected chi connectivity index (χ2v) is 5.46. The third-order valence-corrected chi connectivity index (χ3v) is 3.85. The van der Waals surface area contributed by atoms with Gasteiger partial charge in [0.05, 0.1) is 13.7 Å². The van der Waals surface area contributed by atoms with Crippen LogP contribution < -0.4 is 4.74 Å². The van der Waals surface area contributed by atoms with Crippen LogP contribution in [0.15, 0.2) is 48.5 Å². The topological polar surface area (TPSA) is 35.5 Å². The average Bonchev–Trinajstić information content (AvgIpc) is 2.60. The van der Waals surface area contributed by atoms with Gasteiger partial charge in [0.15, 0.2) is 0 Å². The van der Waals surface area contributed by atoms with E-state index in [1.807, 2.05) is 12.1 Å². The first-order valence-corrected chi connectivity index (χ1v) is 8.13. The number of unbranched alkanes of at least 4 members (excludes halogenated alkanes) is 1. The van der Waals surface area contributed by atoms with E-state index in [0.29, 0.717) is 17.9 Å². The molecule has 0 aliphatic heterocycles. The van der Waals surface area contributed by atoms with Crippen molar-refractivity contribution >= 4 is 5.97 Å². The van der Waals surface area contributed by atoms with Crippen molar-refractivity contribution in [3.05, 3.63) is 65.2 Å². The molecule has 0 unspecified atom stereocenters. The van der Waals surface area contributed by atoms with Crippen LogP contribution in [0.5, 0.6) is 5.75 Å². The Morgan fingerprint density at radius 3 is 2.30 bits per heavy atom. The molecule has 0 bridgehead atoms. The SMILES string of the molecule is CCCCc1ccccc1CCOC(=O)c1ccccc1OC. The zero-order valence-corrected chi connectivity index (χ0v) is 13.9. The van der Waals surface area contributed by atoms with Gasteiger partial charge in [0.2, 0.25) is 0 Å². The Balaban J connectivity index is 1.93. The first kappa shape index (κ1) is 17.1. The first-order valence-electron chi connectivity index (χ1n) is 8.13. The molecule has 2 aromatic carbocycles. The van der Waals surface area contributed by atoms with Gasteiger partial charge >= 0.3 is 5.97 Å². The minimum absolute atomic E-state index is 0.339. The van der Waals surface area contributed by atoms with E-state index in [2.05, 4.69) is 25.1 Å². The van der Waals surface area contributed by atoms with Crippen molar-refractivity contribution < 1.29 is 14.3 Å². The predicted octanol–water partition coefficient (Wildman–Crippen LogP) is 4.44. The van der Waals surface area contributed by atoms with Crippen molar-refractivity contribution in [3.8, 4) is 5.75 Å². The van der Waals surface area contributed by atoms with Gasteiger partial charge < -0.3 is 9.47 Å². The molecule has 23 heavy (non-hydrogen) atoms. The fraction of sp³-hybridized carbons (Fsp3) is 0.350. The highest BCUT2D eigenvalue weighted by atomic mass is 16.5. The number of ether oxygens (including phenoxy) is 2. The van der Waals surface area contributed by atoms with Crippen LogP contribution in [0.4, 0.5) is 0 Å². The standard InChI is InChI=1S/C20H24O3/c1-3-4-9-16-10-5-6-11-17(16)14-15-23-20(21)18-12-7-8-13-19(18)22-2/h5-8,10-13H,3-4,9,14-15H2,1-2H3. The van der Waals surface area contributed by atoms with Crippen LogP contribution in [-0.4, -0.2) is 19.7 Å². The molecule has 0 spiro atoms. The van der Waals surface area contributed by atoms with Gasteiger partial charge in [-0.3, -0.25) is 0 Å². The van der Waals surface area contributed by atoms with Crippen molar-refractivity contribution in [1.82, 2.24) is 0 Å². The number of carbonyl (C=O) groups excluding carboxylic acids is 1. The van der Waals surface area contributed by atoms with Crippen LogP contribution >= 0.6 is 0 Å². The van der Waals surface area contributed by atoms with Crippen LogP contribution in [0.25, 0.3) is 0 Å². The minimum Gasteiger partial charge on any atom is -0.496 e. The lowest BCUT2D eigenvalue weighted by molar-refractivity contribution is 0.0505. The second kappa shape index (κ2) is 8.99. The molecule has 0 radical (unpaired) electrons. The van der Waals surface area contributed by atoms with E-state index in [-0.39, 0.29) is 5.97 Å². The number of aryl methyl sites for hydroxylation is 1. The van der Waals surface area contributed by atoms with Crippen LogP contribution in [-0.2, 0) is 17.6 Å². The monoisotopic (exact) mass is 312 g/mol. The number of para-hydroxylation sites is 1. The molecule has 3 heteroatoms. The van der Waals surface area contributed by atoms with Crippen molar-refractivity contribution in [2.75, 3.05) is 13.7 Å². The molecule has 0 aliphatic rings. The molecule has 0 aromatic heterocycles. The minimum atomic E-state index is -0.339. The van der Waals surface area contributed by atoms with Crippen LogP contribution in [0.1, 0.15) is 41.3 Å². The Kier molecular flexibility index (Phi) is 6.67. The first-order chi connectivity index (χ1) is 11.3. The third kappa shape index (κ3) is 4.85. The summed E-state index contributed by atoms with van der Waals surface area (Å²) in [7, 11) is 1.55. The van der Waals surface area contributed by atoms with E-state index in [9.17, 15) is 4.79 Å². The summed E-state index contributed by atoms with van der Waals surface area (Å²) in [6.45, 7) is 2.57. The molecule has 0 N–H and O–H groups in total. The number of carbonyl (C=O) groups is 1. The van der Waals surface area contributed by atoms with Crippen molar-refractivity contribution in [2.45, 2.75) is 32.6 Å². The molecular weight excluding hydrogens is 288 g/mol. The molecule has 0 amide bonds. The Hall–Kier alpha value is -2.29. The normalized spacial score (nSPS) is 10.3. The maximum atomic E-state index is 12.2. The highest BCUT2D eigenvalue weighted by Gasteiger charge is 2.13. The molecule has 0 fully saturated rings. The largest absolute Gasteiger partial charge is 0.496 e. The summed E-state index contributed by atoms with van der Waals surface area (Å²) in [6, 6.07) is 15.5. The summed E-state index contributed by atoms with van der Waals surface area (Å²) >= 11 is 0. The zero-order chi connectivity index (χ0) is 16.5. The lowest BCUT2D eigenvalue weighted by Crippen LogP contribution is -2.10. The smallest absolute Gasteiger partial charge is 0.341 e. The third-order valence-electron chi connectivity index (χ3n) is 3.85. The summed E-state index contributed by atoms with van der Waals surface area (Å²) in [4.78, 5) is 12.2.